The van der Waals surface area contributed by atoms with Crippen LogP contribution in [0.2, 0.25) is 0 Å². The maximum Gasteiger partial charge on any atom is 0.0603 e. The first-order valence-electron chi connectivity index (χ1n) is 4.99. The lowest BCUT2D eigenvalue weighted by atomic mass is 10.0. The van der Waals surface area contributed by atoms with E-state index in [0.717, 1.165) is 25.9 Å². The summed E-state index contributed by atoms with van der Waals surface area (Å²) in [6, 6.07) is 0.507. The van der Waals surface area contributed by atoms with E-state index in [1.165, 1.54) is 0 Å². The largest absolute Gasteiger partial charge is 0.390 e. The fourth-order valence-corrected chi connectivity index (χ4v) is 1.13. The normalized spacial score (nSPS) is 15.0. The van der Waals surface area contributed by atoms with Gasteiger partial charge in [-0.05, 0) is 47.2 Å². The van der Waals surface area contributed by atoms with Crippen molar-refractivity contribution in [2.45, 2.75) is 45.3 Å². The number of rotatable bonds is 6. The maximum atomic E-state index is 9.53. The third-order valence-corrected chi connectivity index (χ3v) is 2.41. The predicted octanol–water partition coefficient (Wildman–Crippen LogP) is 0.816. The predicted molar refractivity (Wildman–Crippen MR) is 56.7 cm³/mol. The summed E-state index contributed by atoms with van der Waals surface area (Å²) in [4.78, 5) is 2.24. The molecule has 3 nitrogen and oxygen atoms in total. The number of hydrogen-bond donors (Lipinski definition) is 2. The van der Waals surface area contributed by atoms with E-state index in [-0.39, 0.29) is 0 Å². The molecule has 0 saturated heterocycles. The molecule has 0 amide bonds. The monoisotopic (exact) mass is 188 g/mol. The molecule has 0 fully saturated rings. The fraction of sp³-hybridized carbons (Fsp3) is 1.00. The molecule has 0 aromatic heterocycles. The van der Waals surface area contributed by atoms with Crippen LogP contribution in [0.4, 0.5) is 0 Å². The lowest BCUT2D eigenvalue weighted by Crippen LogP contribution is -2.35. The molecule has 0 aliphatic heterocycles. The van der Waals surface area contributed by atoms with Crippen LogP contribution < -0.4 is 5.73 Å². The molecule has 1 atom stereocenters. The molecule has 0 aliphatic rings. The molecule has 0 heterocycles. The van der Waals surface area contributed by atoms with Crippen molar-refractivity contribution >= 4 is 0 Å². The summed E-state index contributed by atoms with van der Waals surface area (Å²) in [7, 11) is 2.08. The second kappa shape index (κ2) is 5.58. The van der Waals surface area contributed by atoms with Crippen molar-refractivity contribution in [3.63, 3.8) is 0 Å². The molecule has 80 valence electrons. The minimum absolute atomic E-state index is 0.507. The summed E-state index contributed by atoms with van der Waals surface area (Å²) in [5.41, 5.74) is 4.91. The van der Waals surface area contributed by atoms with Crippen LogP contribution in [0.3, 0.4) is 0 Å². The molecule has 0 aliphatic carbocycles. The molecule has 0 aromatic rings. The topological polar surface area (TPSA) is 49.5 Å². The molecule has 0 spiro atoms. The van der Waals surface area contributed by atoms with Crippen LogP contribution in [0.1, 0.15) is 33.6 Å². The van der Waals surface area contributed by atoms with E-state index in [1.807, 2.05) is 13.8 Å². The third kappa shape index (κ3) is 6.99. The average molecular weight is 188 g/mol. The molecule has 0 rings (SSSR count). The summed E-state index contributed by atoms with van der Waals surface area (Å²) in [6.45, 7) is 7.50. The summed E-state index contributed by atoms with van der Waals surface area (Å²) in [6.07, 6.45) is 1.82. The Balaban J connectivity index is 3.67. The van der Waals surface area contributed by atoms with Gasteiger partial charge in [-0.1, -0.05) is 0 Å². The molecule has 0 radical (unpaired) electrons. The van der Waals surface area contributed by atoms with E-state index in [9.17, 15) is 5.11 Å². The Bertz CT molecular complexity index is 131. The molecular formula is C10H24N2O. The van der Waals surface area contributed by atoms with Crippen molar-refractivity contribution in [2.75, 3.05) is 20.1 Å². The van der Waals surface area contributed by atoms with Gasteiger partial charge in [0, 0.05) is 12.6 Å². The van der Waals surface area contributed by atoms with E-state index in [4.69, 9.17) is 5.73 Å². The third-order valence-electron chi connectivity index (χ3n) is 2.41. The van der Waals surface area contributed by atoms with Crippen molar-refractivity contribution in [2.24, 2.45) is 5.73 Å². The van der Waals surface area contributed by atoms with Gasteiger partial charge in [0.25, 0.3) is 0 Å². The molecule has 1 unspecified atom stereocenters. The van der Waals surface area contributed by atoms with Crippen molar-refractivity contribution in [3.8, 4) is 0 Å². The fourth-order valence-electron chi connectivity index (χ4n) is 1.13. The highest BCUT2D eigenvalue weighted by Crippen LogP contribution is 2.09. The van der Waals surface area contributed by atoms with Crippen LogP contribution in [0.15, 0.2) is 0 Å². The van der Waals surface area contributed by atoms with Gasteiger partial charge in [0.05, 0.1) is 5.60 Å². The summed E-state index contributed by atoms with van der Waals surface area (Å²) in [5, 5.41) is 9.53. The van der Waals surface area contributed by atoms with Crippen LogP contribution in [0.5, 0.6) is 0 Å². The van der Waals surface area contributed by atoms with Gasteiger partial charge in [0.2, 0.25) is 0 Å². The van der Waals surface area contributed by atoms with Crippen LogP contribution >= 0.6 is 0 Å². The zero-order valence-electron chi connectivity index (χ0n) is 9.38. The second-order valence-electron chi connectivity index (χ2n) is 4.47. The minimum atomic E-state index is -0.559. The molecule has 0 aromatic carbocycles. The van der Waals surface area contributed by atoms with Crippen LogP contribution in [-0.2, 0) is 0 Å². The van der Waals surface area contributed by atoms with Gasteiger partial charge < -0.3 is 15.7 Å². The Morgan fingerprint density at radius 2 is 2.00 bits per heavy atom. The van der Waals surface area contributed by atoms with Gasteiger partial charge in [-0.15, -0.1) is 0 Å². The number of hydrogen-bond acceptors (Lipinski definition) is 3. The Labute approximate surface area is 81.9 Å². The van der Waals surface area contributed by atoms with Crippen LogP contribution in [0.25, 0.3) is 0 Å². The minimum Gasteiger partial charge on any atom is -0.390 e. The highest BCUT2D eigenvalue weighted by Gasteiger charge is 2.15. The Morgan fingerprint density at radius 1 is 1.46 bits per heavy atom. The van der Waals surface area contributed by atoms with Gasteiger partial charge >= 0.3 is 0 Å². The molecule has 0 saturated carbocycles. The zero-order valence-corrected chi connectivity index (χ0v) is 9.38. The van der Waals surface area contributed by atoms with E-state index in [2.05, 4.69) is 18.9 Å². The maximum absolute atomic E-state index is 9.53. The lowest BCUT2D eigenvalue weighted by Gasteiger charge is -2.27. The van der Waals surface area contributed by atoms with E-state index < -0.39 is 5.60 Å². The lowest BCUT2D eigenvalue weighted by molar-refractivity contribution is 0.0562. The highest BCUT2D eigenvalue weighted by atomic mass is 16.3. The SMILES string of the molecule is CC(CCN)N(C)CCC(C)(C)O. The number of aliphatic hydroxyl groups is 1. The molecule has 13 heavy (non-hydrogen) atoms. The molecule has 3 N–H and O–H groups in total. The second-order valence-corrected chi connectivity index (χ2v) is 4.47. The summed E-state index contributed by atoms with van der Waals surface area (Å²) >= 11 is 0. The van der Waals surface area contributed by atoms with Crippen molar-refractivity contribution < 1.29 is 5.11 Å². The zero-order chi connectivity index (χ0) is 10.5. The van der Waals surface area contributed by atoms with Gasteiger partial charge in [-0.3, -0.25) is 0 Å². The molecule has 3 heteroatoms. The van der Waals surface area contributed by atoms with Crippen LogP contribution in [0, 0.1) is 0 Å². The van der Waals surface area contributed by atoms with E-state index in [0.29, 0.717) is 6.04 Å². The van der Waals surface area contributed by atoms with Crippen molar-refractivity contribution in [3.05, 3.63) is 0 Å². The van der Waals surface area contributed by atoms with Gasteiger partial charge in [0.1, 0.15) is 0 Å². The van der Waals surface area contributed by atoms with Gasteiger partial charge in [-0.25, -0.2) is 0 Å². The Morgan fingerprint density at radius 3 is 2.38 bits per heavy atom. The van der Waals surface area contributed by atoms with E-state index in [1.54, 1.807) is 0 Å². The average Bonchev–Trinajstić information content (AvgIpc) is 1.99. The standard InChI is InChI=1S/C10H24N2O/c1-9(5-7-11)12(4)8-6-10(2,3)13/h9,13H,5-8,11H2,1-4H3. The first-order chi connectivity index (χ1) is 5.87. The summed E-state index contributed by atoms with van der Waals surface area (Å²) < 4.78 is 0. The highest BCUT2D eigenvalue weighted by molar-refractivity contribution is 4.70. The van der Waals surface area contributed by atoms with Crippen molar-refractivity contribution in [1.29, 1.82) is 0 Å². The first kappa shape index (κ1) is 12.9. The Kier molecular flexibility index (Phi) is 5.53. The van der Waals surface area contributed by atoms with Gasteiger partial charge in [-0.2, -0.15) is 0 Å². The van der Waals surface area contributed by atoms with Crippen molar-refractivity contribution in [1.82, 2.24) is 4.90 Å². The van der Waals surface area contributed by atoms with E-state index >= 15 is 0 Å². The molecule has 0 bridgehead atoms. The van der Waals surface area contributed by atoms with Crippen LogP contribution in [-0.4, -0.2) is 41.8 Å². The number of nitrogens with zero attached hydrogens (tertiary/aromatic N) is 1. The summed E-state index contributed by atoms with van der Waals surface area (Å²) in [5.74, 6) is 0. The number of nitrogens with two attached hydrogens (primary N) is 1. The smallest absolute Gasteiger partial charge is 0.0603 e. The van der Waals surface area contributed by atoms with Gasteiger partial charge in [0.15, 0.2) is 0 Å². The first-order valence-corrected chi connectivity index (χ1v) is 4.99. The quantitative estimate of drug-likeness (QED) is 0.649. The molecular weight excluding hydrogens is 164 g/mol. The Hall–Kier alpha value is -0.120.